The van der Waals surface area contributed by atoms with Gasteiger partial charge in [-0.3, -0.25) is 11.3 Å². The van der Waals surface area contributed by atoms with Crippen LogP contribution >= 0.6 is 0 Å². The molecule has 92 valence electrons. The largest absolute Gasteiger partial charge is 0.493 e. The van der Waals surface area contributed by atoms with Gasteiger partial charge in [-0.2, -0.15) is 0 Å². The second-order valence-corrected chi connectivity index (χ2v) is 4.63. The fourth-order valence-electron chi connectivity index (χ4n) is 2.75. The molecule has 4 heteroatoms. The summed E-state index contributed by atoms with van der Waals surface area (Å²) in [6, 6.07) is 6.30. The number of para-hydroxylation sites is 1. The Kier molecular flexibility index (Phi) is 3.01. The maximum Gasteiger partial charge on any atom is 0.127 e. The molecule has 2 heterocycles. The van der Waals surface area contributed by atoms with E-state index < -0.39 is 0 Å². The summed E-state index contributed by atoms with van der Waals surface area (Å²) >= 11 is 0. The van der Waals surface area contributed by atoms with Crippen molar-refractivity contribution in [2.24, 2.45) is 5.84 Å². The highest BCUT2D eigenvalue weighted by molar-refractivity contribution is 5.46. The predicted octanol–water partition coefficient (Wildman–Crippen LogP) is 1.30. The fourth-order valence-corrected chi connectivity index (χ4v) is 2.75. The van der Waals surface area contributed by atoms with Gasteiger partial charge in [-0.1, -0.05) is 18.2 Å². The highest BCUT2D eigenvalue weighted by Crippen LogP contribution is 2.36. The van der Waals surface area contributed by atoms with Gasteiger partial charge in [0.25, 0.3) is 0 Å². The lowest BCUT2D eigenvalue weighted by Gasteiger charge is -2.24. The molecule has 2 aliphatic rings. The van der Waals surface area contributed by atoms with Crippen LogP contribution in [0.4, 0.5) is 0 Å². The molecule has 2 unspecified atom stereocenters. The van der Waals surface area contributed by atoms with E-state index in [-0.39, 0.29) is 12.1 Å². The third-order valence-corrected chi connectivity index (χ3v) is 3.60. The van der Waals surface area contributed by atoms with Crippen LogP contribution in [-0.2, 0) is 11.2 Å². The van der Waals surface area contributed by atoms with Crippen LogP contribution in [-0.4, -0.2) is 19.3 Å². The van der Waals surface area contributed by atoms with Gasteiger partial charge in [0.15, 0.2) is 0 Å². The monoisotopic (exact) mass is 234 g/mol. The molecule has 17 heavy (non-hydrogen) atoms. The molecule has 2 atom stereocenters. The Balaban J connectivity index is 1.93. The zero-order chi connectivity index (χ0) is 11.7. The summed E-state index contributed by atoms with van der Waals surface area (Å²) in [5.74, 6) is 6.70. The number of nitrogens with two attached hydrogens (primary N) is 1. The second kappa shape index (κ2) is 4.64. The average molecular weight is 234 g/mol. The Morgan fingerprint density at radius 1 is 1.35 bits per heavy atom. The third-order valence-electron chi connectivity index (χ3n) is 3.60. The van der Waals surface area contributed by atoms with Crippen molar-refractivity contribution in [3.05, 3.63) is 29.3 Å². The molecule has 1 aromatic carbocycles. The van der Waals surface area contributed by atoms with Crippen LogP contribution in [0.3, 0.4) is 0 Å². The maximum atomic E-state index is 5.72. The second-order valence-electron chi connectivity index (χ2n) is 4.63. The summed E-state index contributed by atoms with van der Waals surface area (Å²) in [6.45, 7) is 1.61. The molecule has 0 aliphatic carbocycles. The molecule has 4 nitrogen and oxygen atoms in total. The van der Waals surface area contributed by atoms with Gasteiger partial charge in [0.1, 0.15) is 5.75 Å². The van der Waals surface area contributed by atoms with E-state index in [1.807, 2.05) is 0 Å². The van der Waals surface area contributed by atoms with E-state index in [2.05, 4.69) is 23.6 Å². The van der Waals surface area contributed by atoms with Gasteiger partial charge in [0, 0.05) is 18.6 Å². The fraction of sp³-hybridized carbons (Fsp3) is 0.538. The predicted molar refractivity (Wildman–Crippen MR) is 64.7 cm³/mol. The van der Waals surface area contributed by atoms with Crippen molar-refractivity contribution < 1.29 is 9.47 Å². The van der Waals surface area contributed by atoms with Gasteiger partial charge in [0.05, 0.1) is 18.8 Å². The number of nitrogens with one attached hydrogen (secondary N) is 1. The zero-order valence-electron chi connectivity index (χ0n) is 9.82. The molecule has 3 rings (SSSR count). The van der Waals surface area contributed by atoms with Gasteiger partial charge < -0.3 is 9.47 Å². The molecule has 2 aliphatic heterocycles. The van der Waals surface area contributed by atoms with Crippen molar-refractivity contribution in [2.45, 2.75) is 31.4 Å². The van der Waals surface area contributed by atoms with Crippen LogP contribution in [0, 0.1) is 0 Å². The van der Waals surface area contributed by atoms with Crippen LogP contribution in [0.5, 0.6) is 5.75 Å². The van der Waals surface area contributed by atoms with Gasteiger partial charge >= 0.3 is 0 Å². The Labute approximate surface area is 101 Å². The molecule has 0 saturated carbocycles. The molecular weight excluding hydrogens is 216 g/mol. The zero-order valence-corrected chi connectivity index (χ0v) is 9.82. The third kappa shape index (κ3) is 1.92. The van der Waals surface area contributed by atoms with Crippen LogP contribution in [0.15, 0.2) is 18.2 Å². The smallest absolute Gasteiger partial charge is 0.127 e. The Bertz CT molecular complexity index is 402. The van der Waals surface area contributed by atoms with Crippen LogP contribution in [0.1, 0.15) is 30.0 Å². The lowest BCUT2D eigenvalue weighted by atomic mass is 9.97. The summed E-state index contributed by atoms with van der Waals surface area (Å²) in [4.78, 5) is 0. The normalized spacial score (nSPS) is 24.4. The Hall–Kier alpha value is -1.10. The number of rotatable bonds is 3. The number of hydrogen-bond acceptors (Lipinski definition) is 4. The van der Waals surface area contributed by atoms with Crippen LogP contribution < -0.4 is 16.0 Å². The van der Waals surface area contributed by atoms with E-state index in [0.29, 0.717) is 0 Å². The number of ether oxygens (including phenoxy) is 2. The summed E-state index contributed by atoms with van der Waals surface area (Å²) in [6.07, 6.45) is 3.32. The van der Waals surface area contributed by atoms with E-state index in [9.17, 15) is 0 Å². The topological polar surface area (TPSA) is 56.5 Å². The standard InChI is InChI=1S/C13H18N2O2/c14-15-12(11-5-2-7-16-11)10-4-1-3-9-6-8-17-13(9)10/h1,3-4,11-12,15H,2,5-8,14H2. The minimum atomic E-state index is 0.0329. The van der Waals surface area contributed by atoms with Crippen molar-refractivity contribution in [3.63, 3.8) is 0 Å². The summed E-state index contributed by atoms with van der Waals surface area (Å²) in [5, 5.41) is 0. The molecule has 3 N–H and O–H groups in total. The first-order valence-electron chi connectivity index (χ1n) is 6.22. The minimum Gasteiger partial charge on any atom is -0.493 e. The van der Waals surface area contributed by atoms with Crippen molar-refractivity contribution in [1.82, 2.24) is 5.43 Å². The van der Waals surface area contributed by atoms with E-state index in [0.717, 1.165) is 43.8 Å². The van der Waals surface area contributed by atoms with E-state index in [1.165, 1.54) is 5.56 Å². The summed E-state index contributed by atoms with van der Waals surface area (Å²) in [5.41, 5.74) is 5.30. The molecule has 0 aromatic heterocycles. The summed E-state index contributed by atoms with van der Waals surface area (Å²) < 4.78 is 11.4. The highest BCUT2D eigenvalue weighted by atomic mass is 16.5. The van der Waals surface area contributed by atoms with E-state index in [4.69, 9.17) is 15.3 Å². The van der Waals surface area contributed by atoms with E-state index in [1.54, 1.807) is 0 Å². The SMILES string of the molecule is NNC(c1cccc2c1OCC2)C1CCCO1. The first-order valence-corrected chi connectivity index (χ1v) is 6.22. The molecule has 0 bridgehead atoms. The molecule has 1 saturated heterocycles. The van der Waals surface area contributed by atoms with Gasteiger partial charge in [0.2, 0.25) is 0 Å². The highest BCUT2D eigenvalue weighted by Gasteiger charge is 2.30. The Morgan fingerprint density at radius 2 is 2.29 bits per heavy atom. The maximum absolute atomic E-state index is 5.72. The number of hydrogen-bond donors (Lipinski definition) is 2. The average Bonchev–Trinajstić information content (AvgIpc) is 3.00. The van der Waals surface area contributed by atoms with Crippen LogP contribution in [0.2, 0.25) is 0 Å². The minimum absolute atomic E-state index is 0.0329. The molecular formula is C13H18N2O2. The van der Waals surface area contributed by atoms with Crippen molar-refractivity contribution >= 4 is 0 Å². The van der Waals surface area contributed by atoms with Crippen molar-refractivity contribution in [3.8, 4) is 5.75 Å². The molecule has 1 fully saturated rings. The molecule has 0 spiro atoms. The van der Waals surface area contributed by atoms with Crippen LogP contribution in [0.25, 0.3) is 0 Å². The lowest BCUT2D eigenvalue weighted by molar-refractivity contribution is 0.0775. The molecule has 0 amide bonds. The van der Waals surface area contributed by atoms with Gasteiger partial charge in [-0.05, 0) is 18.4 Å². The molecule has 1 aromatic rings. The van der Waals surface area contributed by atoms with Crippen molar-refractivity contribution in [1.29, 1.82) is 0 Å². The van der Waals surface area contributed by atoms with Gasteiger partial charge in [-0.15, -0.1) is 0 Å². The number of fused-ring (bicyclic) bond motifs is 1. The van der Waals surface area contributed by atoms with Gasteiger partial charge in [-0.25, -0.2) is 0 Å². The van der Waals surface area contributed by atoms with E-state index >= 15 is 0 Å². The summed E-state index contributed by atoms with van der Waals surface area (Å²) in [7, 11) is 0. The lowest BCUT2D eigenvalue weighted by Crippen LogP contribution is -2.36. The number of benzene rings is 1. The molecule has 0 radical (unpaired) electrons. The Morgan fingerprint density at radius 3 is 3.06 bits per heavy atom. The quantitative estimate of drug-likeness (QED) is 0.611. The first-order chi connectivity index (χ1) is 8.40. The van der Waals surface area contributed by atoms with Crippen molar-refractivity contribution in [2.75, 3.05) is 13.2 Å². The number of hydrazine groups is 1. The first kappa shape index (κ1) is 11.0.